The highest BCUT2D eigenvalue weighted by atomic mass is 16.4. The highest BCUT2D eigenvalue weighted by Crippen LogP contribution is 2.23. The summed E-state index contributed by atoms with van der Waals surface area (Å²) < 4.78 is 0. The first-order valence-corrected chi connectivity index (χ1v) is 43.5. The molecule has 47 heteroatoms. The molecule has 0 aromatic rings. The molecule has 0 unspecified atom stereocenters. The van der Waals surface area contributed by atoms with E-state index in [9.17, 15) is 127 Å². The van der Waals surface area contributed by atoms with E-state index in [0.29, 0.717) is 25.7 Å². The lowest BCUT2D eigenvalue weighted by Crippen LogP contribution is -2.63. The number of likely N-dealkylation sites (tertiary alicyclic amines) is 1. The molecule has 1 aliphatic rings. The molecular formula is C81H143N21O26. The van der Waals surface area contributed by atoms with E-state index < -0.39 is 290 Å². The Balaban J connectivity index is 3.71. The number of nitrogens with one attached hydrogen (secondary N) is 14. The largest absolute Gasteiger partial charge is 0.481 e. The van der Waals surface area contributed by atoms with Gasteiger partial charge in [-0.25, -0.2) is 4.79 Å². The normalized spacial score (nSPS) is 17.3. The smallest absolute Gasteiger partial charge is 0.328 e. The lowest BCUT2D eigenvalue weighted by atomic mass is 9.96. The van der Waals surface area contributed by atoms with Crippen LogP contribution in [0.4, 0.5) is 0 Å². The van der Waals surface area contributed by atoms with Gasteiger partial charge < -0.3 is 144 Å². The van der Waals surface area contributed by atoms with Gasteiger partial charge in [-0.05, 0) is 160 Å². The molecule has 1 aliphatic heterocycles. The van der Waals surface area contributed by atoms with Crippen LogP contribution in [0.2, 0.25) is 0 Å². The summed E-state index contributed by atoms with van der Waals surface area (Å²) in [5, 5.41) is 95.3. The molecule has 17 amide bonds. The summed E-state index contributed by atoms with van der Waals surface area (Å²) in [4.78, 5) is 275. The van der Waals surface area contributed by atoms with Gasteiger partial charge in [0.25, 0.3) is 0 Å². The summed E-state index contributed by atoms with van der Waals surface area (Å²) in [5.74, 6) is -26.2. The molecule has 32 N–H and O–H groups in total. The Morgan fingerprint density at radius 1 is 0.352 bits per heavy atom. The molecule has 0 aliphatic carbocycles. The summed E-state index contributed by atoms with van der Waals surface area (Å²) in [6, 6.07) is -26.4. The van der Waals surface area contributed by atoms with Crippen molar-refractivity contribution in [2.75, 3.05) is 26.2 Å². The van der Waals surface area contributed by atoms with Crippen LogP contribution in [-0.4, -0.2) is 295 Å². The first kappa shape index (κ1) is 115. The van der Waals surface area contributed by atoms with E-state index in [1.54, 1.807) is 55.4 Å². The van der Waals surface area contributed by atoms with Gasteiger partial charge in [-0.15, -0.1) is 0 Å². The predicted molar refractivity (Wildman–Crippen MR) is 461 cm³/mol. The van der Waals surface area contributed by atoms with Gasteiger partial charge in [-0.3, -0.25) is 91.1 Å². The minimum absolute atomic E-state index is 0.0419. The van der Waals surface area contributed by atoms with Crippen LogP contribution >= 0.6 is 0 Å². The van der Waals surface area contributed by atoms with Crippen LogP contribution < -0.4 is 109 Å². The third kappa shape index (κ3) is 40.6. The van der Waals surface area contributed by atoms with Crippen LogP contribution in [0, 0.1) is 29.6 Å². The summed E-state index contributed by atoms with van der Waals surface area (Å²) in [6.07, 6.45) is -8.14. The van der Waals surface area contributed by atoms with Gasteiger partial charge in [0.2, 0.25) is 100 Å². The van der Waals surface area contributed by atoms with Crippen molar-refractivity contribution < 1.29 is 127 Å². The van der Waals surface area contributed by atoms with Crippen molar-refractivity contribution >= 4 is 118 Å². The first-order valence-electron chi connectivity index (χ1n) is 43.5. The lowest BCUT2D eigenvalue weighted by molar-refractivity contribution is -0.145. The number of rotatable bonds is 63. The highest BCUT2D eigenvalue weighted by molar-refractivity contribution is 6.02. The summed E-state index contributed by atoms with van der Waals surface area (Å²) in [6.45, 7) is 20.2. The van der Waals surface area contributed by atoms with Gasteiger partial charge >= 0.3 is 17.9 Å². The molecule has 128 heavy (non-hydrogen) atoms. The zero-order chi connectivity index (χ0) is 97.9. The molecule has 21 atom stereocenters. The van der Waals surface area contributed by atoms with E-state index in [0.717, 1.165) is 20.8 Å². The fourth-order valence-electron chi connectivity index (χ4n) is 13.4. The van der Waals surface area contributed by atoms with Crippen LogP contribution in [0.1, 0.15) is 218 Å². The number of hydrogen-bond acceptors (Lipinski definition) is 27. The number of carboxylic acid groups (broad SMARTS) is 3. The van der Waals surface area contributed by atoms with Gasteiger partial charge in [-0.1, -0.05) is 82.1 Å². The Kier molecular flexibility index (Phi) is 52.7. The summed E-state index contributed by atoms with van der Waals surface area (Å²) in [5.41, 5.74) is 34.3. The third-order valence-electron chi connectivity index (χ3n) is 21.6. The van der Waals surface area contributed by atoms with Crippen molar-refractivity contribution in [1.29, 1.82) is 0 Å². The number of carbonyl (C=O) groups is 20. The molecule has 1 heterocycles. The predicted octanol–water partition coefficient (Wildman–Crippen LogP) is -7.36. The first-order chi connectivity index (χ1) is 59.8. The molecule has 1 rings (SSSR count). The molecule has 0 saturated carbocycles. The number of unbranched alkanes of at least 4 members (excludes halogenated alkanes) is 3. The standard InChI is InChI=1S/C81H143N21O26/c1-14-41(9)61(76(122)89-48(25-18-21-33-84)70(116)101-65(45(13)105)81(127)128)97-72(118)51(35-38(3)4)95-79(125)64(44(12)104)99-69(115)47(24-17-20-32-83)90-78(124)63(43(11)103)100-73(119)53(37-58(110)111)94-71(117)52(36-57(108)109)93-67(113)50(28-30-56(86)107)91-75(121)60(40(7)8)96-68(114)46(23-16-19-31-82)88-66(112)49(27-29-55(85)106)92-77(123)62(42(10)15-2)98-74(120)54-26-22-34-102(54)80(126)59(87)39(5)6/h38-54,59-65,103-105H,14-37,82-84,87H2,1-13H3,(H2,85,106)(H2,86,107)(H,88,112)(H,89,122)(H,90,124)(H,91,121)(H,92,123)(H,93,113)(H,94,117)(H,95,125)(H,96,114)(H,97,118)(H,98,120)(H,99,115)(H,100,119)(H,101,116)(H,108,109)(H,110,111)(H,127,128)/t41-,42-,43+,44+,45+,46-,47-,48-,49-,50-,51-,52-,53-,54-,59-,60-,61-,62-,63-,64-,65-/m0/s1. The fourth-order valence-corrected chi connectivity index (χ4v) is 13.4. The molecule has 1 fully saturated rings. The fraction of sp³-hybridized carbons (Fsp3) is 0.753. The van der Waals surface area contributed by atoms with E-state index >= 15 is 0 Å². The van der Waals surface area contributed by atoms with Crippen LogP contribution in [-0.2, 0) is 95.9 Å². The molecule has 0 spiro atoms. The number of aliphatic carboxylic acids is 3. The Hall–Kier alpha value is -10.9. The average Bonchev–Trinajstić information content (AvgIpc) is 1.67. The summed E-state index contributed by atoms with van der Waals surface area (Å²) >= 11 is 0. The SMILES string of the molecule is CC[C@H](C)[C@H](NC(=O)[C@H](CC(C)C)NC(=O)[C@@H](NC(=O)[C@H](CCCCN)NC(=O)[C@@H](NC(=O)[C@H](CC(=O)O)NC(=O)[C@H](CC(=O)O)NC(=O)[C@H](CCC(N)=O)NC(=O)[C@@H](NC(=O)[C@H](CCCCN)NC(=O)[C@H](CCC(N)=O)NC(=O)[C@@H](NC(=O)[C@@H]1CCCN1C(=O)[C@@H](N)C(C)C)[C@@H](C)CC)C(C)C)[C@@H](C)O)[C@@H](C)O)C(=O)N[C@@H](CCCCN)C(=O)N[C@H](C(=O)O)[C@@H](C)O. The minimum Gasteiger partial charge on any atom is -0.481 e. The zero-order valence-corrected chi connectivity index (χ0v) is 75.6. The second kappa shape index (κ2) is 58.6. The molecule has 0 radical (unpaired) electrons. The summed E-state index contributed by atoms with van der Waals surface area (Å²) in [7, 11) is 0. The Morgan fingerprint density at radius 2 is 0.641 bits per heavy atom. The number of aliphatic hydroxyl groups is 3. The van der Waals surface area contributed by atoms with E-state index in [1.165, 1.54) is 18.7 Å². The van der Waals surface area contributed by atoms with Crippen molar-refractivity contribution in [1.82, 2.24) is 79.3 Å². The number of aliphatic hydroxyl groups excluding tert-OH is 3. The second-order valence-electron chi connectivity index (χ2n) is 33.6. The van der Waals surface area contributed by atoms with Crippen molar-refractivity contribution in [2.24, 2.45) is 64.0 Å². The van der Waals surface area contributed by atoms with Crippen LogP contribution in [0.3, 0.4) is 0 Å². The lowest BCUT2D eigenvalue weighted by Gasteiger charge is -2.31. The zero-order valence-electron chi connectivity index (χ0n) is 75.6. The number of hydrogen-bond donors (Lipinski definition) is 26. The number of nitrogens with zero attached hydrogens (tertiary/aromatic N) is 1. The molecule has 1 saturated heterocycles. The molecule has 728 valence electrons. The van der Waals surface area contributed by atoms with Gasteiger partial charge in [0.1, 0.15) is 84.6 Å². The topological polar surface area (TPSA) is 791 Å². The maximum Gasteiger partial charge on any atom is 0.328 e. The Morgan fingerprint density at radius 3 is 0.969 bits per heavy atom. The van der Waals surface area contributed by atoms with Crippen LogP contribution in [0.15, 0.2) is 0 Å². The van der Waals surface area contributed by atoms with Crippen molar-refractivity contribution in [2.45, 2.75) is 333 Å². The Bertz CT molecular complexity index is 3740. The maximum atomic E-state index is 14.5. The Labute approximate surface area is 744 Å². The van der Waals surface area contributed by atoms with Crippen molar-refractivity contribution in [3.05, 3.63) is 0 Å². The van der Waals surface area contributed by atoms with E-state index in [-0.39, 0.29) is 102 Å². The third-order valence-corrected chi connectivity index (χ3v) is 21.6. The highest BCUT2D eigenvalue weighted by Gasteiger charge is 2.44. The number of carboxylic acids is 3. The molecular weight excluding hydrogens is 1680 g/mol. The number of amides is 17. The van der Waals surface area contributed by atoms with E-state index in [1.807, 2.05) is 5.32 Å². The molecule has 0 aromatic heterocycles. The van der Waals surface area contributed by atoms with Gasteiger partial charge in [-0.2, -0.15) is 0 Å². The molecule has 47 nitrogen and oxygen atoms in total. The molecule has 0 aromatic carbocycles. The second-order valence-corrected chi connectivity index (χ2v) is 33.6. The van der Waals surface area contributed by atoms with E-state index in [4.69, 9.17) is 34.4 Å². The van der Waals surface area contributed by atoms with E-state index in [2.05, 4.69) is 69.1 Å². The van der Waals surface area contributed by atoms with Gasteiger partial charge in [0, 0.05) is 19.4 Å². The number of carbonyl (C=O) groups excluding carboxylic acids is 17. The monoisotopic (exact) mass is 1830 g/mol. The van der Waals surface area contributed by atoms with Crippen molar-refractivity contribution in [3.63, 3.8) is 0 Å². The van der Waals surface area contributed by atoms with Gasteiger partial charge in [0.05, 0.1) is 37.2 Å². The number of nitrogens with two attached hydrogens (primary N) is 6. The number of primary amides is 2. The maximum absolute atomic E-state index is 14.5. The van der Waals surface area contributed by atoms with Gasteiger partial charge in [0.15, 0.2) is 6.04 Å². The van der Waals surface area contributed by atoms with Crippen molar-refractivity contribution in [3.8, 4) is 0 Å². The average molecular weight is 1830 g/mol. The molecule has 0 bridgehead atoms. The quantitative estimate of drug-likeness (QED) is 0.0252. The van der Waals surface area contributed by atoms with Crippen LogP contribution in [0.25, 0.3) is 0 Å². The van der Waals surface area contributed by atoms with Crippen LogP contribution in [0.5, 0.6) is 0 Å². The minimum atomic E-state index is -2.32.